The van der Waals surface area contributed by atoms with Crippen molar-refractivity contribution in [2.24, 2.45) is 0 Å². The molecule has 2 rings (SSSR count). The van der Waals surface area contributed by atoms with E-state index < -0.39 is 5.97 Å². The highest BCUT2D eigenvalue weighted by Crippen LogP contribution is 2.43. The molecule has 1 N–H and O–H groups in total. The third-order valence-corrected chi connectivity index (χ3v) is 6.45. The van der Waals surface area contributed by atoms with E-state index in [1.54, 1.807) is 12.1 Å². The van der Waals surface area contributed by atoms with Crippen molar-refractivity contribution in [1.82, 2.24) is 5.32 Å². The second-order valence-electron chi connectivity index (χ2n) is 5.33. The van der Waals surface area contributed by atoms with Crippen LogP contribution < -0.4 is 5.32 Å². The zero-order valence-electron chi connectivity index (χ0n) is 13.4. The summed E-state index contributed by atoms with van der Waals surface area (Å²) < 4.78 is 5.50. The molecular weight excluding hydrogens is 330 g/mol. The van der Waals surface area contributed by atoms with E-state index in [0.717, 1.165) is 12.8 Å². The summed E-state index contributed by atoms with van der Waals surface area (Å²) in [4.78, 5) is 23.5. The summed E-state index contributed by atoms with van der Waals surface area (Å²) in [5.41, 5.74) is 1.72. The highest BCUT2D eigenvalue weighted by Gasteiger charge is 2.17. The smallest absolute Gasteiger partial charge is 0.338 e. The first-order valence-electron chi connectivity index (χ1n) is 7.97. The number of hydrogen-bond acceptors (Lipinski definition) is 5. The average Bonchev–Trinajstić information content (AvgIpc) is 2.61. The molecule has 0 unspecified atom stereocenters. The fourth-order valence-corrected chi connectivity index (χ4v) is 5.02. The van der Waals surface area contributed by atoms with E-state index in [2.05, 4.69) is 12.2 Å². The number of hydrogen-bond donors (Lipinski definition) is 1. The minimum atomic E-state index is -0.453. The summed E-state index contributed by atoms with van der Waals surface area (Å²) >= 11 is 3.90. The molecule has 0 radical (unpaired) electrons. The Hall–Kier alpha value is -1.14. The van der Waals surface area contributed by atoms with Crippen LogP contribution in [-0.4, -0.2) is 36.5 Å². The first-order chi connectivity index (χ1) is 11.2. The molecule has 1 amide bonds. The van der Waals surface area contributed by atoms with Crippen molar-refractivity contribution >= 4 is 35.4 Å². The van der Waals surface area contributed by atoms with E-state index in [1.807, 2.05) is 35.7 Å². The molecule has 126 valence electrons. The van der Waals surface area contributed by atoms with Gasteiger partial charge in [0.2, 0.25) is 0 Å². The van der Waals surface area contributed by atoms with E-state index in [-0.39, 0.29) is 12.5 Å². The van der Waals surface area contributed by atoms with Crippen molar-refractivity contribution in [3.63, 3.8) is 0 Å². The number of unbranched alkanes of at least 4 members (excludes halogenated alkanes) is 1. The Labute approximate surface area is 146 Å². The summed E-state index contributed by atoms with van der Waals surface area (Å²) in [7, 11) is 0. The van der Waals surface area contributed by atoms with Crippen LogP contribution >= 0.6 is 23.5 Å². The molecule has 0 aromatic heterocycles. The molecule has 0 atom stereocenters. The minimum absolute atomic E-state index is 0.224. The number of carbonyl (C=O) groups is 2. The van der Waals surface area contributed by atoms with Crippen LogP contribution in [0.25, 0.3) is 0 Å². The number of carbonyl (C=O) groups excluding carboxylic acids is 2. The van der Waals surface area contributed by atoms with Crippen LogP contribution in [0.5, 0.6) is 0 Å². The lowest BCUT2D eigenvalue weighted by Gasteiger charge is -2.21. The summed E-state index contributed by atoms with van der Waals surface area (Å²) in [5.74, 6) is 1.67. The fourth-order valence-electron chi connectivity index (χ4n) is 2.13. The van der Waals surface area contributed by atoms with Crippen LogP contribution in [0.1, 0.15) is 46.7 Å². The molecule has 4 nitrogen and oxygen atoms in total. The number of benzene rings is 1. The number of nitrogens with one attached hydrogen (secondary N) is 1. The SMILES string of the molecule is CCCCNC(=O)COC(=O)c1ccc(C2SCCCS2)cc1. The van der Waals surface area contributed by atoms with Gasteiger partial charge in [0, 0.05) is 6.54 Å². The number of ether oxygens (including phenoxy) is 1. The second kappa shape index (κ2) is 9.88. The maximum atomic E-state index is 12.0. The van der Waals surface area contributed by atoms with E-state index in [0.29, 0.717) is 16.7 Å². The second-order valence-corrected chi connectivity index (χ2v) is 8.05. The van der Waals surface area contributed by atoms with Gasteiger partial charge in [-0.3, -0.25) is 4.79 Å². The molecule has 1 saturated heterocycles. The van der Waals surface area contributed by atoms with E-state index >= 15 is 0 Å². The predicted molar refractivity (Wildman–Crippen MR) is 96.9 cm³/mol. The molecule has 1 aromatic carbocycles. The average molecular weight is 354 g/mol. The quantitative estimate of drug-likeness (QED) is 0.599. The van der Waals surface area contributed by atoms with E-state index in [4.69, 9.17) is 4.74 Å². The third-order valence-electron chi connectivity index (χ3n) is 3.43. The molecule has 0 spiro atoms. The maximum Gasteiger partial charge on any atom is 0.338 e. The van der Waals surface area contributed by atoms with Gasteiger partial charge in [-0.15, -0.1) is 23.5 Å². The Morgan fingerprint density at radius 2 is 1.91 bits per heavy atom. The van der Waals surface area contributed by atoms with Gasteiger partial charge in [0.25, 0.3) is 5.91 Å². The van der Waals surface area contributed by atoms with E-state index in [1.165, 1.54) is 23.5 Å². The molecule has 0 bridgehead atoms. The van der Waals surface area contributed by atoms with Gasteiger partial charge in [0.15, 0.2) is 6.61 Å². The zero-order chi connectivity index (χ0) is 16.5. The summed E-state index contributed by atoms with van der Waals surface area (Å²) in [6, 6.07) is 7.52. The Bertz CT molecular complexity index is 513. The topological polar surface area (TPSA) is 55.4 Å². The first-order valence-corrected chi connectivity index (χ1v) is 10.1. The summed E-state index contributed by atoms with van der Waals surface area (Å²) in [6.07, 6.45) is 3.21. The van der Waals surface area contributed by atoms with Gasteiger partial charge in [-0.25, -0.2) is 4.79 Å². The molecule has 6 heteroatoms. The molecule has 1 aromatic rings. The first kappa shape index (κ1) is 18.2. The lowest BCUT2D eigenvalue weighted by atomic mass is 10.1. The van der Waals surface area contributed by atoms with Crippen molar-refractivity contribution in [2.45, 2.75) is 30.8 Å². The van der Waals surface area contributed by atoms with Gasteiger partial charge >= 0.3 is 5.97 Å². The molecule has 0 aliphatic carbocycles. The van der Waals surface area contributed by atoms with Crippen molar-refractivity contribution in [2.75, 3.05) is 24.7 Å². The lowest BCUT2D eigenvalue weighted by Crippen LogP contribution is -2.29. The van der Waals surface area contributed by atoms with Gasteiger partial charge in [-0.1, -0.05) is 25.5 Å². The van der Waals surface area contributed by atoms with Crippen molar-refractivity contribution in [3.05, 3.63) is 35.4 Å². The monoisotopic (exact) mass is 353 g/mol. The number of amides is 1. The molecule has 1 heterocycles. The highest BCUT2D eigenvalue weighted by molar-refractivity contribution is 8.16. The number of esters is 1. The van der Waals surface area contributed by atoms with Gasteiger partial charge < -0.3 is 10.1 Å². The predicted octanol–water partition coefficient (Wildman–Crippen LogP) is 3.63. The van der Waals surface area contributed by atoms with Gasteiger partial charge in [-0.2, -0.15) is 0 Å². The third kappa shape index (κ3) is 6.11. The number of thioether (sulfide) groups is 2. The van der Waals surface area contributed by atoms with Gasteiger partial charge in [0.1, 0.15) is 0 Å². The summed E-state index contributed by atoms with van der Waals surface area (Å²) in [6.45, 7) is 2.46. The van der Waals surface area contributed by atoms with Crippen LogP contribution in [-0.2, 0) is 9.53 Å². The van der Waals surface area contributed by atoms with Crippen LogP contribution in [0.3, 0.4) is 0 Å². The molecule has 23 heavy (non-hydrogen) atoms. The molecular formula is C17H23NO3S2. The largest absolute Gasteiger partial charge is 0.452 e. The minimum Gasteiger partial charge on any atom is -0.452 e. The van der Waals surface area contributed by atoms with Crippen LogP contribution in [0.2, 0.25) is 0 Å². The maximum absolute atomic E-state index is 12.0. The highest BCUT2D eigenvalue weighted by atomic mass is 32.2. The Morgan fingerprint density at radius 1 is 1.22 bits per heavy atom. The van der Waals surface area contributed by atoms with Crippen LogP contribution in [0.4, 0.5) is 0 Å². The van der Waals surface area contributed by atoms with Crippen molar-refractivity contribution < 1.29 is 14.3 Å². The lowest BCUT2D eigenvalue weighted by molar-refractivity contribution is -0.124. The van der Waals surface area contributed by atoms with E-state index in [9.17, 15) is 9.59 Å². The van der Waals surface area contributed by atoms with Gasteiger partial charge in [0.05, 0.1) is 10.1 Å². The molecule has 1 fully saturated rings. The fraction of sp³-hybridized carbons (Fsp3) is 0.529. The van der Waals surface area contributed by atoms with Gasteiger partial charge in [-0.05, 0) is 42.0 Å². The van der Waals surface area contributed by atoms with Crippen LogP contribution in [0.15, 0.2) is 24.3 Å². The Balaban J connectivity index is 1.79. The number of rotatable bonds is 7. The van der Waals surface area contributed by atoms with Crippen LogP contribution in [0, 0.1) is 0 Å². The standard InChI is InChI=1S/C17H23NO3S2/c1-2-3-9-18-15(19)12-21-16(20)13-5-7-14(8-6-13)17-22-10-4-11-23-17/h5-8,17H,2-4,9-12H2,1H3,(H,18,19). The van der Waals surface area contributed by atoms with Crippen molar-refractivity contribution in [3.8, 4) is 0 Å². The Kier molecular flexibility index (Phi) is 7.82. The molecule has 1 aliphatic rings. The Morgan fingerprint density at radius 3 is 2.57 bits per heavy atom. The molecule has 0 saturated carbocycles. The van der Waals surface area contributed by atoms with Crippen molar-refractivity contribution in [1.29, 1.82) is 0 Å². The molecule has 1 aliphatic heterocycles. The summed E-state index contributed by atoms with van der Waals surface area (Å²) in [5, 5.41) is 2.72. The normalized spacial score (nSPS) is 15.2. The zero-order valence-corrected chi connectivity index (χ0v) is 15.0.